The number of hydrogen-bond acceptors (Lipinski definition) is 6. The first-order valence-electron chi connectivity index (χ1n) is 11.9. The van der Waals surface area contributed by atoms with Crippen molar-refractivity contribution in [1.29, 1.82) is 0 Å². The topological polar surface area (TPSA) is 93.2 Å². The summed E-state index contributed by atoms with van der Waals surface area (Å²) in [5.41, 5.74) is 0. The van der Waals surface area contributed by atoms with Gasteiger partial charge in [-0.2, -0.15) is 8.61 Å². The quantitative estimate of drug-likeness (QED) is 0.366. The zero-order valence-electron chi connectivity index (χ0n) is 20.6. The molecule has 0 saturated carbocycles. The van der Waals surface area contributed by atoms with E-state index in [1.54, 1.807) is 62.8 Å². The summed E-state index contributed by atoms with van der Waals surface area (Å²) in [7, 11) is -4.42. The number of ether oxygens (including phenoxy) is 2. The van der Waals surface area contributed by atoms with Crippen molar-refractivity contribution in [3.8, 4) is 11.5 Å². The van der Waals surface area contributed by atoms with E-state index in [4.69, 9.17) is 9.47 Å². The van der Waals surface area contributed by atoms with Gasteiger partial charge < -0.3 is 9.47 Å². The lowest BCUT2D eigenvalue weighted by Gasteiger charge is -2.22. The Morgan fingerprint density at radius 2 is 0.919 bits per heavy atom. The number of fused-ring (bicyclic) bond motifs is 2. The van der Waals surface area contributed by atoms with Gasteiger partial charge >= 0.3 is 0 Å². The van der Waals surface area contributed by atoms with Gasteiger partial charge in [0, 0.05) is 26.2 Å². The molecule has 4 aromatic carbocycles. The van der Waals surface area contributed by atoms with Gasteiger partial charge in [-0.15, -0.1) is 0 Å². The highest BCUT2D eigenvalue weighted by atomic mass is 32.2. The first-order chi connectivity index (χ1) is 17.7. The molecule has 1 aliphatic rings. The van der Waals surface area contributed by atoms with Gasteiger partial charge in [0.25, 0.3) is 0 Å². The molecular formula is C27H28N2O6S2. The number of nitrogens with zero attached hydrogens (tertiary/aromatic N) is 2. The third-order valence-electron chi connectivity index (χ3n) is 6.73. The van der Waals surface area contributed by atoms with Gasteiger partial charge in [-0.3, -0.25) is 0 Å². The minimum Gasteiger partial charge on any atom is -0.497 e. The second-order valence-electron chi connectivity index (χ2n) is 8.91. The Morgan fingerprint density at radius 1 is 0.541 bits per heavy atom. The largest absolute Gasteiger partial charge is 0.497 e. The van der Waals surface area contributed by atoms with E-state index in [1.807, 2.05) is 24.3 Å². The molecule has 194 valence electrons. The summed E-state index contributed by atoms with van der Waals surface area (Å²) in [5, 5.41) is 3.32. The molecule has 1 fully saturated rings. The summed E-state index contributed by atoms with van der Waals surface area (Å²) in [5.74, 6) is 1.39. The lowest BCUT2D eigenvalue weighted by atomic mass is 10.1. The van der Waals surface area contributed by atoms with Crippen molar-refractivity contribution < 1.29 is 26.3 Å². The van der Waals surface area contributed by atoms with Crippen LogP contribution in [0.25, 0.3) is 21.5 Å². The van der Waals surface area contributed by atoms with Crippen molar-refractivity contribution >= 4 is 41.6 Å². The molecule has 0 spiro atoms. The van der Waals surface area contributed by atoms with E-state index in [2.05, 4.69) is 0 Å². The number of methoxy groups -OCH3 is 2. The van der Waals surface area contributed by atoms with Gasteiger partial charge in [0.05, 0.1) is 24.0 Å². The summed E-state index contributed by atoms with van der Waals surface area (Å²) >= 11 is 0. The smallest absolute Gasteiger partial charge is 0.243 e. The van der Waals surface area contributed by atoms with Crippen LogP contribution >= 0.6 is 0 Å². The van der Waals surface area contributed by atoms with Crippen LogP contribution in [0.5, 0.6) is 11.5 Å². The van der Waals surface area contributed by atoms with Crippen molar-refractivity contribution in [3.05, 3.63) is 72.8 Å². The Hall–Kier alpha value is -3.18. The van der Waals surface area contributed by atoms with Crippen LogP contribution in [-0.2, 0) is 20.0 Å². The van der Waals surface area contributed by atoms with Crippen molar-refractivity contribution in [2.45, 2.75) is 16.2 Å². The Labute approximate surface area is 217 Å². The molecule has 0 bridgehead atoms. The summed E-state index contributed by atoms with van der Waals surface area (Å²) in [6.45, 7) is 0.638. The zero-order valence-corrected chi connectivity index (χ0v) is 22.3. The molecule has 0 aliphatic carbocycles. The van der Waals surface area contributed by atoms with E-state index in [0.717, 1.165) is 21.5 Å². The van der Waals surface area contributed by atoms with Gasteiger partial charge in [-0.05, 0) is 76.5 Å². The van der Waals surface area contributed by atoms with E-state index in [0.29, 0.717) is 17.9 Å². The summed E-state index contributed by atoms with van der Waals surface area (Å²) in [6.07, 6.45) is 0.397. The maximum absolute atomic E-state index is 13.5. The molecule has 5 rings (SSSR count). The Balaban J connectivity index is 1.36. The molecule has 0 aromatic heterocycles. The van der Waals surface area contributed by atoms with Crippen molar-refractivity contribution in [3.63, 3.8) is 0 Å². The van der Waals surface area contributed by atoms with Crippen LogP contribution in [-0.4, -0.2) is 65.8 Å². The van der Waals surface area contributed by atoms with Crippen molar-refractivity contribution in [2.24, 2.45) is 0 Å². The second kappa shape index (κ2) is 9.94. The van der Waals surface area contributed by atoms with Gasteiger partial charge in [-0.25, -0.2) is 16.8 Å². The fraction of sp³-hybridized carbons (Fsp3) is 0.259. The number of sulfonamides is 2. The average molecular weight is 541 g/mol. The van der Waals surface area contributed by atoms with Crippen LogP contribution < -0.4 is 9.47 Å². The fourth-order valence-corrected chi connectivity index (χ4v) is 7.64. The second-order valence-corrected chi connectivity index (χ2v) is 12.8. The van der Waals surface area contributed by atoms with E-state index in [-0.39, 0.29) is 36.0 Å². The first-order valence-corrected chi connectivity index (χ1v) is 14.8. The number of hydrogen-bond donors (Lipinski definition) is 0. The molecule has 4 aromatic rings. The predicted molar refractivity (Wildman–Crippen MR) is 143 cm³/mol. The maximum Gasteiger partial charge on any atom is 0.243 e. The molecular weight excluding hydrogens is 512 g/mol. The molecule has 1 saturated heterocycles. The Bertz CT molecular complexity index is 1560. The molecule has 0 radical (unpaired) electrons. The van der Waals surface area contributed by atoms with Crippen molar-refractivity contribution in [2.75, 3.05) is 40.4 Å². The normalized spacial score (nSPS) is 16.1. The molecule has 0 atom stereocenters. The number of rotatable bonds is 6. The van der Waals surface area contributed by atoms with Crippen LogP contribution in [0.3, 0.4) is 0 Å². The molecule has 0 N–H and O–H groups in total. The maximum atomic E-state index is 13.5. The van der Waals surface area contributed by atoms with Gasteiger partial charge in [0.1, 0.15) is 11.5 Å². The molecule has 0 amide bonds. The molecule has 0 unspecified atom stereocenters. The van der Waals surface area contributed by atoms with E-state index >= 15 is 0 Å². The van der Waals surface area contributed by atoms with Gasteiger partial charge in [0.2, 0.25) is 20.0 Å². The highest BCUT2D eigenvalue weighted by Crippen LogP contribution is 2.28. The average Bonchev–Trinajstić information content (AvgIpc) is 3.19. The van der Waals surface area contributed by atoms with Crippen molar-refractivity contribution in [1.82, 2.24) is 8.61 Å². The summed E-state index contributed by atoms with van der Waals surface area (Å²) in [4.78, 5) is 0.373. The minimum absolute atomic E-state index is 0.0764. The van der Waals surface area contributed by atoms with Crippen LogP contribution in [0.4, 0.5) is 0 Å². The van der Waals surface area contributed by atoms with Gasteiger partial charge in [-0.1, -0.05) is 24.3 Å². The molecule has 1 heterocycles. The van der Waals surface area contributed by atoms with E-state index in [9.17, 15) is 16.8 Å². The fourth-order valence-electron chi connectivity index (χ4n) is 4.63. The van der Waals surface area contributed by atoms with Crippen LogP contribution in [0, 0.1) is 0 Å². The SMILES string of the molecule is COc1ccc2cc(S(=O)(=O)N3CCCN(S(=O)(=O)c4ccc5cc(OC)ccc5c4)CC3)ccc2c1. The lowest BCUT2D eigenvalue weighted by Crippen LogP contribution is -2.37. The highest BCUT2D eigenvalue weighted by molar-refractivity contribution is 7.89. The highest BCUT2D eigenvalue weighted by Gasteiger charge is 2.32. The monoisotopic (exact) mass is 540 g/mol. The zero-order chi connectivity index (χ0) is 26.2. The molecule has 8 nitrogen and oxygen atoms in total. The third kappa shape index (κ3) is 4.89. The minimum atomic E-state index is -3.79. The molecule has 37 heavy (non-hydrogen) atoms. The van der Waals surface area contributed by atoms with Crippen LogP contribution in [0.15, 0.2) is 82.6 Å². The van der Waals surface area contributed by atoms with E-state index < -0.39 is 20.0 Å². The molecule has 1 aliphatic heterocycles. The summed E-state index contributed by atoms with van der Waals surface area (Å²) < 4.78 is 67.1. The first kappa shape index (κ1) is 25.5. The predicted octanol–water partition coefficient (Wildman–Crippen LogP) is 4.10. The third-order valence-corrected chi connectivity index (χ3v) is 10.5. The summed E-state index contributed by atoms with van der Waals surface area (Å²) in [6, 6.07) is 20.9. The van der Waals surface area contributed by atoms with Crippen LogP contribution in [0.2, 0.25) is 0 Å². The lowest BCUT2D eigenvalue weighted by molar-refractivity contribution is 0.404. The molecule has 10 heteroatoms. The number of benzene rings is 4. The van der Waals surface area contributed by atoms with Gasteiger partial charge in [0.15, 0.2) is 0 Å². The Kier molecular flexibility index (Phi) is 6.84. The standard InChI is InChI=1S/C27H28N2O6S2/c1-34-24-8-4-22-18-26(10-6-20(22)16-24)36(30,31)28-12-3-13-29(15-14-28)37(32,33)27-11-7-21-17-25(35-2)9-5-23(21)19-27/h4-11,16-19H,3,12-15H2,1-2H3. The van der Waals surface area contributed by atoms with Crippen LogP contribution in [0.1, 0.15) is 6.42 Å². The Morgan fingerprint density at radius 3 is 1.32 bits per heavy atom. The van der Waals surface area contributed by atoms with E-state index in [1.165, 1.54) is 8.61 Å².